The van der Waals surface area contributed by atoms with Gasteiger partial charge in [-0.15, -0.1) is 22.0 Å². The van der Waals surface area contributed by atoms with E-state index in [4.69, 9.17) is 0 Å². The number of nitrogens with zero attached hydrogens (tertiary/aromatic N) is 5. The normalized spacial score (nSPS) is 19.4. The highest BCUT2D eigenvalue weighted by Crippen LogP contribution is 2.32. The van der Waals surface area contributed by atoms with E-state index in [0.29, 0.717) is 17.3 Å². The summed E-state index contributed by atoms with van der Waals surface area (Å²) in [6, 6.07) is 1.72. The van der Waals surface area contributed by atoms with E-state index in [2.05, 4.69) is 20.6 Å². The monoisotopic (exact) mass is 264 g/mol. The van der Waals surface area contributed by atoms with Crippen molar-refractivity contribution in [1.82, 2.24) is 30.1 Å². The van der Waals surface area contributed by atoms with E-state index in [1.165, 1.54) is 0 Å². The lowest BCUT2D eigenvalue weighted by Crippen LogP contribution is -2.31. The predicted octanol–water partition coefficient (Wildman–Crippen LogP) is 0.426. The number of aryl methyl sites for hydroxylation is 1. The van der Waals surface area contributed by atoms with Crippen molar-refractivity contribution >= 4 is 17.7 Å². The second kappa shape index (κ2) is 4.45. The summed E-state index contributed by atoms with van der Waals surface area (Å²) >= 11 is 1.69. The van der Waals surface area contributed by atoms with Crippen LogP contribution < -0.4 is 0 Å². The van der Waals surface area contributed by atoms with E-state index in [1.54, 1.807) is 16.7 Å². The Morgan fingerprint density at radius 3 is 3.17 bits per heavy atom. The molecule has 1 unspecified atom stereocenters. The summed E-state index contributed by atoms with van der Waals surface area (Å²) in [5.74, 6) is 2.05. The van der Waals surface area contributed by atoms with E-state index in [1.807, 2.05) is 30.1 Å². The van der Waals surface area contributed by atoms with Crippen molar-refractivity contribution in [2.75, 3.05) is 11.6 Å². The number of hydrogen-bond acceptors (Lipinski definition) is 5. The van der Waals surface area contributed by atoms with Crippen LogP contribution in [0.3, 0.4) is 0 Å². The Kier molecular flexibility index (Phi) is 2.78. The molecule has 1 N–H and O–H groups in total. The zero-order valence-corrected chi connectivity index (χ0v) is 10.6. The molecular weight excluding hydrogens is 252 g/mol. The third-order valence-corrected chi connectivity index (χ3v) is 3.89. The van der Waals surface area contributed by atoms with Crippen LogP contribution in [-0.2, 0) is 7.05 Å². The van der Waals surface area contributed by atoms with E-state index in [9.17, 15) is 4.79 Å². The first-order chi connectivity index (χ1) is 8.75. The molecule has 2 aromatic heterocycles. The highest BCUT2D eigenvalue weighted by atomic mass is 32.2. The Hall–Kier alpha value is -1.83. The molecule has 0 radical (unpaired) electrons. The van der Waals surface area contributed by atoms with Crippen LogP contribution in [-0.4, -0.2) is 47.6 Å². The van der Waals surface area contributed by atoms with Gasteiger partial charge in [-0.1, -0.05) is 5.21 Å². The summed E-state index contributed by atoms with van der Waals surface area (Å²) in [6.45, 7) is 0. The molecule has 1 aliphatic rings. The Bertz CT molecular complexity index is 550. The number of aromatic amines is 1. The van der Waals surface area contributed by atoms with Gasteiger partial charge < -0.3 is 9.47 Å². The van der Waals surface area contributed by atoms with Gasteiger partial charge in [0.25, 0.3) is 5.91 Å². The summed E-state index contributed by atoms with van der Waals surface area (Å²) in [5, 5.41) is 13.9. The first-order valence-corrected chi connectivity index (χ1v) is 6.65. The molecule has 18 heavy (non-hydrogen) atoms. The van der Waals surface area contributed by atoms with Crippen LogP contribution in [0.2, 0.25) is 0 Å². The fraction of sp³-hybridized carbons (Fsp3) is 0.400. The number of rotatable bonds is 2. The number of carbonyl (C=O) groups is 1. The van der Waals surface area contributed by atoms with E-state index >= 15 is 0 Å². The molecule has 1 fully saturated rings. The molecule has 0 aromatic carbocycles. The smallest absolute Gasteiger partial charge is 0.256 e. The minimum atomic E-state index is -0.0959. The first-order valence-electron chi connectivity index (χ1n) is 5.50. The lowest BCUT2D eigenvalue weighted by Gasteiger charge is -2.20. The van der Waals surface area contributed by atoms with E-state index in [-0.39, 0.29) is 11.9 Å². The maximum Gasteiger partial charge on any atom is 0.256 e. The molecule has 3 rings (SSSR count). The molecule has 2 aromatic rings. The molecule has 1 amide bonds. The molecule has 1 aliphatic heterocycles. The summed E-state index contributed by atoms with van der Waals surface area (Å²) in [7, 11) is 1.90. The van der Waals surface area contributed by atoms with Gasteiger partial charge in [-0.3, -0.25) is 4.79 Å². The molecular formula is C10H12N6OS. The predicted molar refractivity (Wildman–Crippen MR) is 65.8 cm³/mol. The molecule has 0 spiro atoms. The lowest BCUT2D eigenvalue weighted by molar-refractivity contribution is 0.0741. The van der Waals surface area contributed by atoms with Gasteiger partial charge in [-0.05, 0) is 6.07 Å². The fourth-order valence-corrected chi connectivity index (χ4v) is 3.11. The standard InChI is InChI=1S/C10H12N6OS/c1-15-3-2-7(4-15)10(17)16-6-18-5-8(16)9-11-13-14-12-9/h2-4,8H,5-6H2,1H3,(H,11,12,13,14). The van der Waals surface area contributed by atoms with Crippen LogP contribution in [0.1, 0.15) is 22.2 Å². The van der Waals surface area contributed by atoms with Gasteiger partial charge in [0.1, 0.15) is 6.04 Å². The van der Waals surface area contributed by atoms with Gasteiger partial charge in [0.05, 0.1) is 11.4 Å². The molecule has 0 saturated carbocycles. The van der Waals surface area contributed by atoms with Crippen LogP contribution in [0.4, 0.5) is 0 Å². The Labute approximate surface area is 108 Å². The van der Waals surface area contributed by atoms with E-state index in [0.717, 1.165) is 5.75 Å². The summed E-state index contributed by atoms with van der Waals surface area (Å²) in [5.41, 5.74) is 0.688. The lowest BCUT2D eigenvalue weighted by atomic mass is 10.2. The topological polar surface area (TPSA) is 79.7 Å². The largest absolute Gasteiger partial charge is 0.356 e. The highest BCUT2D eigenvalue weighted by Gasteiger charge is 2.34. The maximum absolute atomic E-state index is 12.4. The number of aromatic nitrogens is 5. The minimum Gasteiger partial charge on any atom is -0.356 e. The number of amides is 1. The SMILES string of the molecule is Cn1ccc(C(=O)N2CSCC2c2nn[nH]n2)c1. The van der Waals surface area contributed by atoms with Gasteiger partial charge in [-0.2, -0.15) is 5.21 Å². The zero-order chi connectivity index (χ0) is 12.5. The first kappa shape index (κ1) is 11.3. The highest BCUT2D eigenvalue weighted by molar-refractivity contribution is 7.99. The average Bonchev–Trinajstić information content (AvgIpc) is 3.08. The Morgan fingerprint density at radius 1 is 1.61 bits per heavy atom. The molecule has 0 bridgehead atoms. The van der Waals surface area contributed by atoms with Crippen LogP contribution in [0.25, 0.3) is 0 Å². The third-order valence-electron chi connectivity index (χ3n) is 2.88. The fourth-order valence-electron chi connectivity index (χ4n) is 1.96. The van der Waals surface area contributed by atoms with Crippen molar-refractivity contribution in [1.29, 1.82) is 0 Å². The van der Waals surface area contributed by atoms with Gasteiger partial charge >= 0.3 is 0 Å². The van der Waals surface area contributed by atoms with E-state index < -0.39 is 0 Å². The van der Waals surface area contributed by atoms with Gasteiger partial charge in [0.15, 0.2) is 5.82 Å². The summed E-state index contributed by atoms with van der Waals surface area (Å²) < 4.78 is 1.86. The van der Waals surface area contributed by atoms with Crippen molar-refractivity contribution < 1.29 is 4.79 Å². The van der Waals surface area contributed by atoms with Gasteiger partial charge in [0.2, 0.25) is 0 Å². The number of H-pyrrole nitrogens is 1. The van der Waals surface area contributed by atoms with Crippen LogP contribution in [0.15, 0.2) is 18.5 Å². The van der Waals surface area contributed by atoms with Crippen molar-refractivity contribution in [3.63, 3.8) is 0 Å². The number of tetrazole rings is 1. The second-order valence-corrected chi connectivity index (χ2v) is 5.13. The van der Waals surface area contributed by atoms with Crippen molar-refractivity contribution in [2.24, 2.45) is 7.05 Å². The van der Waals surface area contributed by atoms with Crippen molar-refractivity contribution in [3.05, 3.63) is 29.8 Å². The van der Waals surface area contributed by atoms with Crippen LogP contribution >= 0.6 is 11.8 Å². The quantitative estimate of drug-likeness (QED) is 0.850. The third kappa shape index (κ3) is 1.88. The van der Waals surface area contributed by atoms with Crippen molar-refractivity contribution in [3.8, 4) is 0 Å². The van der Waals surface area contributed by atoms with Crippen LogP contribution in [0, 0.1) is 0 Å². The molecule has 94 valence electrons. The Balaban J connectivity index is 1.85. The maximum atomic E-state index is 12.4. The van der Waals surface area contributed by atoms with Crippen molar-refractivity contribution in [2.45, 2.75) is 6.04 Å². The minimum absolute atomic E-state index is 0.00963. The summed E-state index contributed by atoms with van der Waals surface area (Å²) in [4.78, 5) is 14.2. The molecule has 1 atom stereocenters. The molecule has 8 heteroatoms. The van der Waals surface area contributed by atoms with Crippen LogP contribution in [0.5, 0.6) is 0 Å². The Morgan fingerprint density at radius 2 is 2.50 bits per heavy atom. The van der Waals surface area contributed by atoms with Gasteiger partial charge in [0, 0.05) is 25.2 Å². The molecule has 7 nitrogen and oxygen atoms in total. The second-order valence-electron chi connectivity index (χ2n) is 4.13. The number of nitrogens with one attached hydrogen (secondary N) is 1. The molecule has 3 heterocycles. The number of thioether (sulfide) groups is 1. The zero-order valence-electron chi connectivity index (χ0n) is 9.78. The number of carbonyl (C=O) groups excluding carboxylic acids is 1. The summed E-state index contributed by atoms with van der Waals surface area (Å²) in [6.07, 6.45) is 3.68. The van der Waals surface area contributed by atoms with Gasteiger partial charge in [-0.25, -0.2) is 0 Å². The molecule has 0 aliphatic carbocycles. The molecule has 1 saturated heterocycles. The number of hydrogen-bond donors (Lipinski definition) is 1. The average molecular weight is 264 g/mol.